The zero-order valence-electron chi connectivity index (χ0n) is 14.8. The summed E-state index contributed by atoms with van der Waals surface area (Å²) < 4.78 is 31.2. The molecule has 142 valence electrons. The third kappa shape index (κ3) is 4.01. The van der Waals surface area contributed by atoms with Crippen molar-refractivity contribution in [3.8, 4) is 0 Å². The van der Waals surface area contributed by atoms with Crippen LogP contribution in [0.2, 0.25) is 0 Å². The molecule has 0 unspecified atom stereocenters. The van der Waals surface area contributed by atoms with Crippen molar-refractivity contribution in [2.24, 2.45) is 0 Å². The van der Waals surface area contributed by atoms with Crippen LogP contribution >= 0.6 is 0 Å². The fourth-order valence-electron chi connectivity index (χ4n) is 2.96. The van der Waals surface area contributed by atoms with Gasteiger partial charge in [-0.2, -0.15) is 4.31 Å². The maximum Gasteiger partial charge on any atom is 0.338 e. The van der Waals surface area contributed by atoms with E-state index in [9.17, 15) is 18.0 Å². The molecular weight excluding hydrogens is 368 g/mol. The first kappa shape index (κ1) is 19.1. The maximum absolute atomic E-state index is 12.5. The van der Waals surface area contributed by atoms with Crippen LogP contribution in [0.15, 0.2) is 53.4 Å². The van der Waals surface area contributed by atoms with Gasteiger partial charge in [-0.1, -0.05) is 12.1 Å². The third-order valence-electron chi connectivity index (χ3n) is 4.39. The summed E-state index contributed by atoms with van der Waals surface area (Å²) in [7, 11) is -2.25. The molecule has 1 saturated heterocycles. The van der Waals surface area contributed by atoms with E-state index >= 15 is 0 Å². The summed E-state index contributed by atoms with van der Waals surface area (Å²) in [4.78, 5) is 24.5. The minimum atomic E-state index is -3.50. The molecule has 7 nitrogen and oxygen atoms in total. The third-order valence-corrected chi connectivity index (χ3v) is 6.30. The molecule has 3 rings (SSSR count). The van der Waals surface area contributed by atoms with Crippen LogP contribution in [0.4, 0.5) is 5.69 Å². The molecule has 0 bridgehead atoms. The first-order valence-corrected chi connectivity index (χ1v) is 9.96. The molecule has 0 aliphatic carbocycles. The second-order valence-electron chi connectivity index (χ2n) is 6.13. The lowest BCUT2D eigenvalue weighted by Crippen LogP contribution is -2.27. The number of sulfonamides is 1. The molecule has 1 amide bonds. The van der Waals surface area contributed by atoms with Gasteiger partial charge in [0.05, 0.1) is 23.1 Å². The van der Waals surface area contributed by atoms with Crippen LogP contribution in [0.5, 0.6) is 0 Å². The van der Waals surface area contributed by atoms with Gasteiger partial charge in [-0.3, -0.25) is 4.79 Å². The number of nitrogens with one attached hydrogen (secondary N) is 1. The molecule has 8 heteroatoms. The van der Waals surface area contributed by atoms with E-state index in [1.165, 1.54) is 47.8 Å². The first-order valence-electron chi connectivity index (χ1n) is 8.52. The molecule has 0 spiro atoms. The number of rotatable bonds is 5. The van der Waals surface area contributed by atoms with E-state index in [0.717, 1.165) is 12.8 Å². The quantitative estimate of drug-likeness (QED) is 0.795. The Balaban J connectivity index is 1.77. The molecule has 0 atom stereocenters. The van der Waals surface area contributed by atoms with Crippen LogP contribution in [-0.4, -0.2) is 44.8 Å². The van der Waals surface area contributed by atoms with E-state index in [0.29, 0.717) is 18.8 Å². The standard InChI is InChI=1S/C19H20N2O5S/c1-26-19(23)17-7-3-2-6-16(17)18(22)20-14-8-10-15(11-9-14)27(24,25)21-12-4-5-13-21/h2-3,6-11H,4-5,12-13H2,1H3,(H,20,22). The molecule has 1 aliphatic rings. The number of hydrogen-bond acceptors (Lipinski definition) is 5. The number of esters is 1. The van der Waals surface area contributed by atoms with Gasteiger partial charge in [-0.05, 0) is 49.2 Å². The summed E-state index contributed by atoms with van der Waals surface area (Å²) in [6.45, 7) is 1.07. The second-order valence-corrected chi connectivity index (χ2v) is 8.06. The second kappa shape index (κ2) is 7.89. The van der Waals surface area contributed by atoms with Crippen molar-refractivity contribution >= 4 is 27.6 Å². The minimum Gasteiger partial charge on any atom is -0.465 e. The maximum atomic E-state index is 12.5. The van der Waals surface area contributed by atoms with Gasteiger partial charge in [-0.15, -0.1) is 0 Å². The van der Waals surface area contributed by atoms with Crippen molar-refractivity contribution < 1.29 is 22.7 Å². The van der Waals surface area contributed by atoms with Gasteiger partial charge in [0.2, 0.25) is 10.0 Å². The summed E-state index contributed by atoms with van der Waals surface area (Å²) >= 11 is 0. The highest BCUT2D eigenvalue weighted by molar-refractivity contribution is 7.89. The number of carbonyl (C=O) groups is 2. The van der Waals surface area contributed by atoms with Crippen molar-refractivity contribution in [3.63, 3.8) is 0 Å². The first-order chi connectivity index (χ1) is 12.9. The Morgan fingerprint density at radius 3 is 2.15 bits per heavy atom. The Kier molecular flexibility index (Phi) is 5.57. The summed E-state index contributed by atoms with van der Waals surface area (Å²) in [6.07, 6.45) is 1.74. The van der Waals surface area contributed by atoms with Gasteiger partial charge in [0, 0.05) is 18.8 Å². The highest BCUT2D eigenvalue weighted by Crippen LogP contribution is 2.22. The van der Waals surface area contributed by atoms with Crippen molar-refractivity contribution in [3.05, 3.63) is 59.7 Å². The molecule has 1 heterocycles. The van der Waals surface area contributed by atoms with Gasteiger partial charge in [-0.25, -0.2) is 13.2 Å². The lowest BCUT2D eigenvalue weighted by atomic mass is 10.1. The van der Waals surface area contributed by atoms with Crippen molar-refractivity contribution in [1.82, 2.24) is 4.31 Å². The average molecular weight is 388 g/mol. The number of methoxy groups -OCH3 is 1. The zero-order chi connectivity index (χ0) is 19.4. The number of benzene rings is 2. The summed E-state index contributed by atoms with van der Waals surface area (Å²) in [5.41, 5.74) is 0.767. The lowest BCUT2D eigenvalue weighted by Gasteiger charge is -2.15. The number of ether oxygens (including phenoxy) is 1. The zero-order valence-corrected chi connectivity index (χ0v) is 15.7. The fourth-order valence-corrected chi connectivity index (χ4v) is 4.47. The number of anilines is 1. The Morgan fingerprint density at radius 2 is 1.56 bits per heavy atom. The Labute approximate surface area is 158 Å². The van der Waals surface area contributed by atoms with Gasteiger partial charge in [0.15, 0.2) is 0 Å². The molecule has 0 aromatic heterocycles. The molecule has 1 fully saturated rings. The lowest BCUT2D eigenvalue weighted by molar-refractivity contribution is 0.0597. The van der Waals surface area contributed by atoms with Crippen molar-refractivity contribution in [1.29, 1.82) is 0 Å². The number of carbonyl (C=O) groups excluding carboxylic acids is 2. The van der Waals surface area contributed by atoms with Crippen LogP contribution in [-0.2, 0) is 14.8 Å². The highest BCUT2D eigenvalue weighted by atomic mass is 32.2. The molecule has 2 aromatic rings. The number of nitrogens with zero attached hydrogens (tertiary/aromatic N) is 1. The van der Waals surface area contributed by atoms with Crippen LogP contribution in [0.3, 0.4) is 0 Å². The van der Waals surface area contributed by atoms with Gasteiger partial charge in [0.25, 0.3) is 5.91 Å². The molecule has 2 aromatic carbocycles. The number of hydrogen-bond donors (Lipinski definition) is 1. The predicted octanol–water partition coefficient (Wildman–Crippen LogP) is 2.51. The van der Waals surface area contributed by atoms with Gasteiger partial charge in [0.1, 0.15) is 0 Å². The Morgan fingerprint density at radius 1 is 0.963 bits per heavy atom. The summed E-state index contributed by atoms with van der Waals surface area (Å²) in [5.74, 6) is -1.08. The monoisotopic (exact) mass is 388 g/mol. The minimum absolute atomic E-state index is 0.158. The van der Waals surface area contributed by atoms with E-state index in [1.807, 2.05) is 0 Å². The van der Waals surface area contributed by atoms with Crippen molar-refractivity contribution in [2.45, 2.75) is 17.7 Å². The molecule has 1 N–H and O–H groups in total. The highest BCUT2D eigenvalue weighted by Gasteiger charge is 2.27. The fraction of sp³-hybridized carbons (Fsp3) is 0.263. The smallest absolute Gasteiger partial charge is 0.338 e. The SMILES string of the molecule is COC(=O)c1ccccc1C(=O)Nc1ccc(S(=O)(=O)N2CCCC2)cc1. The van der Waals surface area contributed by atoms with Crippen LogP contribution in [0, 0.1) is 0 Å². The molecule has 27 heavy (non-hydrogen) atoms. The summed E-state index contributed by atoms with van der Waals surface area (Å²) in [6, 6.07) is 12.3. The van der Waals surface area contributed by atoms with E-state index < -0.39 is 21.9 Å². The molecular formula is C19H20N2O5S. The topological polar surface area (TPSA) is 92.8 Å². The summed E-state index contributed by atoms with van der Waals surface area (Å²) in [5, 5.41) is 2.67. The van der Waals surface area contributed by atoms with Crippen LogP contribution < -0.4 is 5.32 Å². The number of amides is 1. The van der Waals surface area contributed by atoms with Gasteiger partial charge < -0.3 is 10.1 Å². The van der Waals surface area contributed by atoms with Crippen LogP contribution in [0.25, 0.3) is 0 Å². The molecule has 0 saturated carbocycles. The Hall–Kier alpha value is -2.71. The van der Waals surface area contributed by atoms with Gasteiger partial charge >= 0.3 is 5.97 Å². The van der Waals surface area contributed by atoms with E-state index in [1.54, 1.807) is 12.1 Å². The molecule has 0 radical (unpaired) electrons. The largest absolute Gasteiger partial charge is 0.465 e. The van der Waals surface area contributed by atoms with E-state index in [2.05, 4.69) is 10.1 Å². The molecule has 1 aliphatic heterocycles. The average Bonchev–Trinajstić information content (AvgIpc) is 3.23. The normalized spacial score (nSPS) is 14.7. The Bertz CT molecular complexity index is 948. The predicted molar refractivity (Wildman–Crippen MR) is 100 cm³/mol. The van der Waals surface area contributed by atoms with E-state index in [-0.39, 0.29) is 16.0 Å². The van der Waals surface area contributed by atoms with Crippen molar-refractivity contribution in [2.75, 3.05) is 25.5 Å². The van der Waals surface area contributed by atoms with Crippen LogP contribution in [0.1, 0.15) is 33.6 Å². The van der Waals surface area contributed by atoms with E-state index in [4.69, 9.17) is 0 Å².